The normalized spacial score (nSPS) is 12.7. The average molecular weight is 279 g/mol. The Morgan fingerprint density at radius 3 is 2.67 bits per heavy atom. The first-order chi connectivity index (χ1) is 10.3. The molecule has 0 amide bonds. The van der Waals surface area contributed by atoms with Gasteiger partial charge in [-0.3, -0.25) is 0 Å². The fourth-order valence-corrected chi connectivity index (χ4v) is 2.75. The summed E-state index contributed by atoms with van der Waals surface area (Å²) in [5, 5.41) is 6.16. The van der Waals surface area contributed by atoms with Gasteiger partial charge in [0.1, 0.15) is 5.82 Å². The number of hydrogen-bond acceptors (Lipinski definition) is 2. The van der Waals surface area contributed by atoms with Gasteiger partial charge in [-0.2, -0.15) is 0 Å². The van der Waals surface area contributed by atoms with Crippen LogP contribution in [0.2, 0.25) is 0 Å². The first kappa shape index (κ1) is 13.8. The minimum Gasteiger partial charge on any atom is -0.333 e. The minimum atomic E-state index is 0.299. The van der Waals surface area contributed by atoms with Crippen LogP contribution in [0.1, 0.15) is 24.4 Å². The molecule has 0 aliphatic carbocycles. The van der Waals surface area contributed by atoms with Gasteiger partial charge in [0.25, 0.3) is 0 Å². The third-order valence-corrected chi connectivity index (χ3v) is 3.93. The van der Waals surface area contributed by atoms with Gasteiger partial charge < -0.3 is 9.88 Å². The number of imidazole rings is 1. The SMILES string of the molecule is CCNC(Cn1ccnc1C)c1ccc2ccccc2c1. The summed E-state index contributed by atoms with van der Waals surface area (Å²) in [6.07, 6.45) is 3.90. The molecule has 0 saturated carbocycles. The number of nitrogens with one attached hydrogen (secondary N) is 1. The van der Waals surface area contributed by atoms with Crippen molar-refractivity contribution in [1.29, 1.82) is 0 Å². The number of hydrogen-bond donors (Lipinski definition) is 1. The van der Waals surface area contributed by atoms with Crippen molar-refractivity contribution in [1.82, 2.24) is 14.9 Å². The van der Waals surface area contributed by atoms with E-state index >= 15 is 0 Å². The molecule has 1 atom stereocenters. The van der Waals surface area contributed by atoms with Gasteiger partial charge in [-0.15, -0.1) is 0 Å². The minimum absolute atomic E-state index is 0.299. The van der Waals surface area contributed by atoms with Gasteiger partial charge in [-0.25, -0.2) is 4.98 Å². The lowest BCUT2D eigenvalue weighted by Crippen LogP contribution is -2.25. The topological polar surface area (TPSA) is 29.9 Å². The van der Waals surface area contributed by atoms with Gasteiger partial charge in [0, 0.05) is 18.9 Å². The summed E-state index contributed by atoms with van der Waals surface area (Å²) in [6.45, 7) is 6.04. The highest BCUT2D eigenvalue weighted by molar-refractivity contribution is 5.83. The average Bonchev–Trinajstić information content (AvgIpc) is 2.91. The Morgan fingerprint density at radius 1 is 1.14 bits per heavy atom. The van der Waals surface area contributed by atoms with E-state index in [-0.39, 0.29) is 0 Å². The Hall–Kier alpha value is -2.13. The summed E-state index contributed by atoms with van der Waals surface area (Å²) >= 11 is 0. The van der Waals surface area contributed by atoms with Crippen LogP contribution in [0.25, 0.3) is 10.8 Å². The summed E-state index contributed by atoms with van der Waals surface area (Å²) in [5.74, 6) is 1.05. The second kappa shape index (κ2) is 6.10. The van der Waals surface area contributed by atoms with Crippen molar-refractivity contribution in [2.24, 2.45) is 0 Å². The van der Waals surface area contributed by atoms with E-state index in [1.54, 1.807) is 0 Å². The molecular formula is C18H21N3. The zero-order valence-corrected chi connectivity index (χ0v) is 12.6. The van der Waals surface area contributed by atoms with Gasteiger partial charge >= 0.3 is 0 Å². The zero-order chi connectivity index (χ0) is 14.7. The summed E-state index contributed by atoms with van der Waals surface area (Å²) in [7, 11) is 0. The molecule has 0 saturated heterocycles. The van der Waals surface area contributed by atoms with E-state index in [1.807, 2.05) is 19.3 Å². The number of nitrogens with zero attached hydrogens (tertiary/aromatic N) is 2. The number of aryl methyl sites for hydroxylation is 1. The molecule has 3 aromatic rings. The van der Waals surface area contributed by atoms with Gasteiger partial charge in [-0.1, -0.05) is 43.3 Å². The largest absolute Gasteiger partial charge is 0.333 e. The molecule has 1 heterocycles. The monoisotopic (exact) mass is 279 g/mol. The van der Waals surface area contributed by atoms with E-state index in [9.17, 15) is 0 Å². The molecule has 1 aromatic heterocycles. The predicted molar refractivity (Wildman–Crippen MR) is 87.3 cm³/mol. The number of rotatable bonds is 5. The molecule has 0 spiro atoms. The molecule has 108 valence electrons. The molecule has 0 bridgehead atoms. The quantitative estimate of drug-likeness (QED) is 0.772. The van der Waals surface area contributed by atoms with E-state index in [0.717, 1.165) is 18.9 Å². The number of fused-ring (bicyclic) bond motifs is 1. The number of likely N-dealkylation sites (N-methyl/N-ethyl adjacent to an activating group) is 1. The summed E-state index contributed by atoms with van der Waals surface area (Å²) in [6, 6.07) is 15.5. The summed E-state index contributed by atoms with van der Waals surface area (Å²) < 4.78 is 2.20. The van der Waals surface area contributed by atoms with E-state index in [4.69, 9.17) is 0 Å². The Labute approximate surface area is 125 Å². The molecule has 3 rings (SSSR count). The molecule has 3 nitrogen and oxygen atoms in total. The van der Waals surface area contributed by atoms with Crippen LogP contribution in [0.4, 0.5) is 0 Å². The van der Waals surface area contributed by atoms with Crippen molar-refractivity contribution < 1.29 is 0 Å². The molecule has 3 heteroatoms. The zero-order valence-electron chi connectivity index (χ0n) is 12.6. The Morgan fingerprint density at radius 2 is 1.95 bits per heavy atom. The molecule has 0 aliphatic rings. The molecule has 1 N–H and O–H groups in total. The molecule has 0 aliphatic heterocycles. The number of aromatic nitrogens is 2. The highest BCUT2D eigenvalue weighted by Gasteiger charge is 2.12. The lowest BCUT2D eigenvalue weighted by molar-refractivity contribution is 0.469. The highest BCUT2D eigenvalue weighted by atomic mass is 15.1. The van der Waals surface area contributed by atoms with Crippen molar-refractivity contribution in [2.45, 2.75) is 26.4 Å². The lowest BCUT2D eigenvalue weighted by Gasteiger charge is -2.20. The van der Waals surface area contributed by atoms with Crippen molar-refractivity contribution >= 4 is 10.8 Å². The van der Waals surface area contributed by atoms with Crippen LogP contribution < -0.4 is 5.32 Å². The van der Waals surface area contributed by atoms with Crippen LogP contribution in [-0.4, -0.2) is 16.1 Å². The maximum atomic E-state index is 4.31. The predicted octanol–water partition coefficient (Wildman–Crippen LogP) is 3.70. The summed E-state index contributed by atoms with van der Waals surface area (Å²) in [5.41, 5.74) is 1.32. The Kier molecular flexibility index (Phi) is 4.02. The molecule has 0 fully saturated rings. The van der Waals surface area contributed by atoms with Gasteiger partial charge in [0.05, 0.1) is 6.04 Å². The van der Waals surface area contributed by atoms with E-state index in [1.165, 1.54) is 16.3 Å². The van der Waals surface area contributed by atoms with E-state index in [2.05, 4.69) is 64.3 Å². The van der Waals surface area contributed by atoms with Crippen LogP contribution in [-0.2, 0) is 6.54 Å². The Balaban J connectivity index is 1.93. The van der Waals surface area contributed by atoms with Gasteiger partial charge in [0.15, 0.2) is 0 Å². The first-order valence-electron chi connectivity index (χ1n) is 7.47. The molecule has 0 radical (unpaired) electrons. The summed E-state index contributed by atoms with van der Waals surface area (Å²) in [4.78, 5) is 4.31. The standard InChI is InChI=1S/C18H21N3/c1-3-19-18(13-21-11-10-20-14(21)2)17-9-8-15-6-4-5-7-16(15)12-17/h4-12,18-19H,3,13H2,1-2H3. The van der Waals surface area contributed by atoms with Gasteiger partial charge in [-0.05, 0) is 35.9 Å². The van der Waals surface area contributed by atoms with E-state index in [0.29, 0.717) is 6.04 Å². The van der Waals surface area contributed by atoms with Crippen molar-refractivity contribution in [3.8, 4) is 0 Å². The van der Waals surface area contributed by atoms with Crippen LogP contribution >= 0.6 is 0 Å². The molecule has 1 unspecified atom stereocenters. The third kappa shape index (κ3) is 2.98. The first-order valence-corrected chi connectivity index (χ1v) is 7.47. The van der Waals surface area contributed by atoms with Crippen LogP contribution in [0.5, 0.6) is 0 Å². The lowest BCUT2D eigenvalue weighted by atomic mass is 10.0. The molecule has 21 heavy (non-hydrogen) atoms. The van der Waals surface area contributed by atoms with Crippen molar-refractivity contribution in [2.75, 3.05) is 6.54 Å². The van der Waals surface area contributed by atoms with Crippen LogP contribution in [0.3, 0.4) is 0 Å². The third-order valence-electron chi connectivity index (χ3n) is 3.93. The maximum absolute atomic E-state index is 4.31. The number of benzene rings is 2. The smallest absolute Gasteiger partial charge is 0.105 e. The Bertz CT molecular complexity index is 730. The molecule has 2 aromatic carbocycles. The van der Waals surface area contributed by atoms with Gasteiger partial charge in [0.2, 0.25) is 0 Å². The second-order valence-corrected chi connectivity index (χ2v) is 5.34. The fraction of sp³-hybridized carbons (Fsp3) is 0.278. The van der Waals surface area contributed by atoms with E-state index < -0.39 is 0 Å². The maximum Gasteiger partial charge on any atom is 0.105 e. The fourth-order valence-electron chi connectivity index (χ4n) is 2.75. The van der Waals surface area contributed by atoms with Crippen molar-refractivity contribution in [3.63, 3.8) is 0 Å². The molecular weight excluding hydrogens is 258 g/mol. The van der Waals surface area contributed by atoms with Crippen molar-refractivity contribution in [3.05, 3.63) is 66.2 Å². The van der Waals surface area contributed by atoms with Crippen LogP contribution in [0.15, 0.2) is 54.9 Å². The second-order valence-electron chi connectivity index (χ2n) is 5.34. The highest BCUT2D eigenvalue weighted by Crippen LogP contribution is 2.22. The van der Waals surface area contributed by atoms with Crippen LogP contribution in [0, 0.1) is 6.92 Å².